The Balaban J connectivity index is 0.00000320. The van der Waals surface area contributed by atoms with Gasteiger partial charge in [0.15, 0.2) is 5.69 Å². The van der Waals surface area contributed by atoms with Crippen molar-refractivity contribution in [2.24, 2.45) is 0 Å². The minimum Gasteiger partial charge on any atom is -0.476 e. The third-order valence-corrected chi connectivity index (χ3v) is 7.93. The van der Waals surface area contributed by atoms with Crippen LogP contribution in [-0.4, -0.2) is 74.9 Å². The Morgan fingerprint density at radius 2 is 1.68 bits per heavy atom. The fraction of sp³-hybridized carbons (Fsp3) is 0.560. The van der Waals surface area contributed by atoms with E-state index < -0.39 is 17.7 Å². The topological polar surface area (TPSA) is 81.9 Å². The quantitative estimate of drug-likeness (QED) is 0.603. The summed E-state index contributed by atoms with van der Waals surface area (Å²) in [5.74, 6) is -1.18. The Bertz CT molecular complexity index is 1140. The standard InChI is InChI=1S/C25H30F3N5O3.ClH/c26-25(27,28)19-5-4-18(21(16-19)30-10-1-2-11-30)17-32-12-3-7-24(32)8-14-31(15-9-24)23(36)33-13-6-20(29-33)22(34)35;/h4-6,13,16H,1-3,7-12,14-15,17H2,(H,34,35);1H. The number of piperidine rings is 1. The number of carbonyl (C=O) groups is 2. The van der Waals surface area contributed by atoms with E-state index in [0.29, 0.717) is 25.3 Å². The zero-order valence-electron chi connectivity index (χ0n) is 20.4. The van der Waals surface area contributed by atoms with E-state index in [1.54, 1.807) is 11.0 Å². The molecule has 202 valence electrons. The Morgan fingerprint density at radius 1 is 0.973 bits per heavy atom. The van der Waals surface area contributed by atoms with Crippen molar-refractivity contribution in [2.45, 2.75) is 56.8 Å². The molecule has 4 heterocycles. The van der Waals surface area contributed by atoms with Gasteiger partial charge < -0.3 is 14.9 Å². The molecular formula is C25H31ClF3N5O3. The molecule has 8 nitrogen and oxygen atoms in total. The summed E-state index contributed by atoms with van der Waals surface area (Å²) in [6.07, 6.45) is 2.46. The molecule has 0 unspecified atom stereocenters. The minimum atomic E-state index is -4.37. The molecule has 0 radical (unpaired) electrons. The molecule has 3 fully saturated rings. The van der Waals surface area contributed by atoms with E-state index in [-0.39, 0.29) is 29.7 Å². The highest BCUT2D eigenvalue weighted by Gasteiger charge is 2.44. The first-order valence-electron chi connectivity index (χ1n) is 12.4. The predicted molar refractivity (Wildman–Crippen MR) is 133 cm³/mol. The zero-order valence-corrected chi connectivity index (χ0v) is 21.2. The van der Waals surface area contributed by atoms with Crippen molar-refractivity contribution in [3.05, 3.63) is 47.3 Å². The Kier molecular flexibility index (Phi) is 7.75. The van der Waals surface area contributed by atoms with Crippen molar-refractivity contribution in [2.75, 3.05) is 37.6 Å². The van der Waals surface area contributed by atoms with Gasteiger partial charge in [0.25, 0.3) is 0 Å². The number of rotatable bonds is 4. The molecule has 1 spiro atoms. The van der Waals surface area contributed by atoms with E-state index in [0.717, 1.165) is 68.4 Å². The number of carboxylic acids is 1. The molecule has 0 aliphatic carbocycles. The van der Waals surface area contributed by atoms with Crippen LogP contribution in [0.15, 0.2) is 30.5 Å². The second kappa shape index (κ2) is 10.5. The molecule has 3 saturated heterocycles. The van der Waals surface area contributed by atoms with Gasteiger partial charge in [-0.2, -0.15) is 23.0 Å². The maximum atomic E-state index is 13.4. The third-order valence-electron chi connectivity index (χ3n) is 7.93. The van der Waals surface area contributed by atoms with Crippen LogP contribution >= 0.6 is 12.4 Å². The van der Waals surface area contributed by atoms with Crippen LogP contribution in [0.2, 0.25) is 0 Å². The summed E-state index contributed by atoms with van der Waals surface area (Å²) >= 11 is 0. The second-order valence-electron chi connectivity index (χ2n) is 10.0. The number of likely N-dealkylation sites (tertiary alicyclic amines) is 2. The lowest BCUT2D eigenvalue weighted by Crippen LogP contribution is -2.53. The van der Waals surface area contributed by atoms with Crippen LogP contribution in [0.1, 0.15) is 60.1 Å². The zero-order chi connectivity index (χ0) is 25.5. The van der Waals surface area contributed by atoms with Gasteiger partial charge in [0.2, 0.25) is 0 Å². The van der Waals surface area contributed by atoms with Gasteiger partial charge in [-0.05, 0) is 68.8 Å². The first kappa shape index (κ1) is 27.3. The second-order valence-corrected chi connectivity index (χ2v) is 10.0. The molecule has 0 saturated carbocycles. The van der Waals surface area contributed by atoms with Crippen molar-refractivity contribution in [3.63, 3.8) is 0 Å². The van der Waals surface area contributed by atoms with E-state index in [1.165, 1.54) is 24.4 Å². The Morgan fingerprint density at radius 3 is 2.30 bits per heavy atom. The lowest BCUT2D eigenvalue weighted by Gasteiger charge is -2.45. The smallest absolute Gasteiger partial charge is 0.416 e. The largest absolute Gasteiger partial charge is 0.476 e. The summed E-state index contributed by atoms with van der Waals surface area (Å²) in [4.78, 5) is 30.1. The van der Waals surface area contributed by atoms with Crippen LogP contribution in [0.5, 0.6) is 0 Å². The highest BCUT2D eigenvalue weighted by atomic mass is 35.5. The minimum absolute atomic E-state index is 0. The lowest BCUT2D eigenvalue weighted by atomic mass is 9.84. The fourth-order valence-electron chi connectivity index (χ4n) is 5.94. The van der Waals surface area contributed by atoms with Gasteiger partial charge in [0, 0.05) is 50.1 Å². The molecule has 0 bridgehead atoms. The number of hydrogen-bond acceptors (Lipinski definition) is 5. The Labute approximate surface area is 219 Å². The van der Waals surface area contributed by atoms with Gasteiger partial charge in [0.05, 0.1) is 5.56 Å². The summed E-state index contributed by atoms with van der Waals surface area (Å²) < 4.78 is 41.4. The number of aromatic carboxylic acids is 1. The van der Waals surface area contributed by atoms with Gasteiger partial charge in [-0.15, -0.1) is 12.4 Å². The molecule has 1 N–H and O–H groups in total. The van der Waals surface area contributed by atoms with E-state index >= 15 is 0 Å². The SMILES string of the molecule is Cl.O=C(O)c1ccn(C(=O)N2CCC3(CCCN3Cc3ccc(C(F)(F)F)cc3N3CCCC3)CC2)n1. The lowest BCUT2D eigenvalue weighted by molar-refractivity contribution is -0.137. The van der Waals surface area contributed by atoms with Crippen LogP contribution in [-0.2, 0) is 12.7 Å². The predicted octanol–water partition coefficient (Wildman–Crippen LogP) is 4.72. The van der Waals surface area contributed by atoms with Gasteiger partial charge in [-0.25, -0.2) is 9.59 Å². The normalized spacial score (nSPS) is 19.9. The molecular weight excluding hydrogens is 511 g/mol. The summed E-state index contributed by atoms with van der Waals surface area (Å²) in [6.45, 7) is 4.03. The molecule has 12 heteroatoms. The van der Waals surface area contributed by atoms with E-state index in [4.69, 9.17) is 5.11 Å². The number of anilines is 1. The van der Waals surface area contributed by atoms with E-state index in [1.807, 2.05) is 0 Å². The molecule has 5 rings (SSSR count). The molecule has 3 aliphatic rings. The average molecular weight is 542 g/mol. The summed E-state index contributed by atoms with van der Waals surface area (Å²) in [7, 11) is 0. The van der Waals surface area contributed by atoms with Gasteiger partial charge in [0.1, 0.15) is 0 Å². The molecule has 1 aromatic heterocycles. The number of alkyl halides is 3. The number of carboxylic acid groups (broad SMARTS) is 1. The number of benzene rings is 1. The molecule has 0 atom stereocenters. The molecule has 3 aliphatic heterocycles. The molecule has 1 aromatic carbocycles. The van der Waals surface area contributed by atoms with Crippen molar-refractivity contribution in [3.8, 4) is 0 Å². The first-order valence-corrected chi connectivity index (χ1v) is 12.4. The summed E-state index contributed by atoms with van der Waals surface area (Å²) in [6, 6.07) is 5.08. The van der Waals surface area contributed by atoms with E-state index in [2.05, 4.69) is 14.9 Å². The van der Waals surface area contributed by atoms with Crippen molar-refractivity contribution in [1.82, 2.24) is 19.6 Å². The number of aromatic nitrogens is 2. The highest BCUT2D eigenvalue weighted by Crippen LogP contribution is 2.41. The first-order chi connectivity index (χ1) is 17.2. The number of nitrogens with zero attached hydrogens (tertiary/aromatic N) is 5. The van der Waals surface area contributed by atoms with Crippen LogP contribution in [0, 0.1) is 0 Å². The van der Waals surface area contributed by atoms with Crippen LogP contribution in [0.4, 0.5) is 23.7 Å². The Hall–Kier alpha value is -2.79. The van der Waals surface area contributed by atoms with Crippen molar-refractivity contribution < 1.29 is 27.9 Å². The summed E-state index contributed by atoms with van der Waals surface area (Å²) in [5.41, 5.74) is 0.718. The number of carbonyl (C=O) groups excluding carboxylic acids is 1. The highest BCUT2D eigenvalue weighted by molar-refractivity contribution is 5.86. The van der Waals surface area contributed by atoms with Gasteiger partial charge in [-0.3, -0.25) is 4.90 Å². The number of hydrogen-bond donors (Lipinski definition) is 1. The maximum Gasteiger partial charge on any atom is 0.416 e. The molecule has 37 heavy (non-hydrogen) atoms. The number of halogens is 4. The van der Waals surface area contributed by atoms with Crippen molar-refractivity contribution in [1.29, 1.82) is 0 Å². The molecule has 1 amide bonds. The third kappa shape index (κ3) is 5.43. The van der Waals surface area contributed by atoms with E-state index in [9.17, 15) is 22.8 Å². The number of amides is 1. The van der Waals surface area contributed by atoms with Gasteiger partial charge >= 0.3 is 18.2 Å². The van der Waals surface area contributed by atoms with Crippen LogP contribution < -0.4 is 4.90 Å². The van der Waals surface area contributed by atoms with Crippen LogP contribution in [0.3, 0.4) is 0 Å². The molecule has 2 aromatic rings. The summed E-state index contributed by atoms with van der Waals surface area (Å²) in [5, 5.41) is 12.9. The maximum absolute atomic E-state index is 13.4. The van der Waals surface area contributed by atoms with Crippen LogP contribution in [0.25, 0.3) is 0 Å². The fourth-order valence-corrected chi connectivity index (χ4v) is 5.94. The monoisotopic (exact) mass is 541 g/mol. The van der Waals surface area contributed by atoms with Gasteiger partial charge in [-0.1, -0.05) is 6.07 Å². The average Bonchev–Trinajstić information content (AvgIpc) is 3.61. The van der Waals surface area contributed by atoms with Crippen molar-refractivity contribution >= 4 is 30.1 Å².